The maximum atomic E-state index is 12.2. The fourth-order valence-corrected chi connectivity index (χ4v) is 2.82. The summed E-state index contributed by atoms with van der Waals surface area (Å²) in [7, 11) is 1.67. The van der Waals surface area contributed by atoms with Crippen molar-refractivity contribution in [1.82, 2.24) is 10.6 Å². The molecule has 0 bridgehead atoms. The summed E-state index contributed by atoms with van der Waals surface area (Å²) < 4.78 is 5.35. The summed E-state index contributed by atoms with van der Waals surface area (Å²) in [4.78, 5) is 12.2. The van der Waals surface area contributed by atoms with E-state index in [1.807, 2.05) is 31.2 Å². The van der Waals surface area contributed by atoms with E-state index in [0.717, 1.165) is 30.7 Å². The van der Waals surface area contributed by atoms with Gasteiger partial charge in [0.25, 0.3) is 0 Å². The molecule has 1 aliphatic heterocycles. The van der Waals surface area contributed by atoms with Crippen LogP contribution in [0.2, 0.25) is 0 Å². The molecule has 0 aromatic heterocycles. The second-order valence-electron chi connectivity index (χ2n) is 5.56. The number of carbonyl (C=O) groups excluding carboxylic acids is 1. The molecule has 1 fully saturated rings. The summed E-state index contributed by atoms with van der Waals surface area (Å²) in [5, 5.41) is 6.43. The number of amides is 1. The lowest BCUT2D eigenvalue weighted by molar-refractivity contribution is -0.125. The smallest absolute Gasteiger partial charge is 0.224 e. The monoisotopic (exact) mass is 276 g/mol. The van der Waals surface area contributed by atoms with E-state index in [4.69, 9.17) is 4.74 Å². The number of methoxy groups -OCH3 is 1. The molecule has 3 atom stereocenters. The first kappa shape index (κ1) is 14.9. The molecule has 4 nitrogen and oxygen atoms in total. The van der Waals surface area contributed by atoms with Crippen molar-refractivity contribution in [1.29, 1.82) is 0 Å². The zero-order chi connectivity index (χ0) is 14.5. The molecular weight excluding hydrogens is 252 g/mol. The average molecular weight is 276 g/mol. The molecule has 0 aliphatic carbocycles. The number of hydrogen-bond donors (Lipinski definition) is 2. The predicted molar refractivity (Wildman–Crippen MR) is 79.9 cm³/mol. The minimum absolute atomic E-state index is 0.0927. The van der Waals surface area contributed by atoms with Gasteiger partial charge in [-0.25, -0.2) is 0 Å². The molecule has 3 unspecified atom stereocenters. The maximum absolute atomic E-state index is 12.2. The highest BCUT2D eigenvalue weighted by Gasteiger charge is 2.29. The van der Waals surface area contributed by atoms with Gasteiger partial charge < -0.3 is 15.4 Å². The SMILES string of the molecule is COc1ccccc1CC(C)NC(=O)C1CCNC1C. The first-order valence-electron chi connectivity index (χ1n) is 7.27. The topological polar surface area (TPSA) is 50.4 Å². The van der Waals surface area contributed by atoms with E-state index in [0.29, 0.717) is 0 Å². The van der Waals surface area contributed by atoms with Crippen molar-refractivity contribution in [3.8, 4) is 5.75 Å². The number of hydrogen-bond acceptors (Lipinski definition) is 3. The predicted octanol–water partition coefficient (Wildman–Crippen LogP) is 1.74. The highest BCUT2D eigenvalue weighted by molar-refractivity contribution is 5.80. The third-order valence-corrected chi connectivity index (χ3v) is 3.97. The average Bonchev–Trinajstić information content (AvgIpc) is 2.85. The third-order valence-electron chi connectivity index (χ3n) is 3.97. The Morgan fingerprint density at radius 3 is 2.90 bits per heavy atom. The highest BCUT2D eigenvalue weighted by Crippen LogP contribution is 2.20. The van der Waals surface area contributed by atoms with Crippen LogP contribution >= 0.6 is 0 Å². The van der Waals surface area contributed by atoms with E-state index in [9.17, 15) is 4.79 Å². The van der Waals surface area contributed by atoms with Gasteiger partial charge >= 0.3 is 0 Å². The number of nitrogens with one attached hydrogen (secondary N) is 2. The molecule has 1 saturated heterocycles. The van der Waals surface area contributed by atoms with E-state index >= 15 is 0 Å². The minimum Gasteiger partial charge on any atom is -0.496 e. The molecular formula is C16H24N2O2. The van der Waals surface area contributed by atoms with Crippen LogP contribution in [0.15, 0.2) is 24.3 Å². The largest absolute Gasteiger partial charge is 0.496 e. The van der Waals surface area contributed by atoms with Crippen LogP contribution in [0.5, 0.6) is 5.75 Å². The number of para-hydroxylation sites is 1. The van der Waals surface area contributed by atoms with Crippen molar-refractivity contribution >= 4 is 5.91 Å². The molecule has 1 aromatic rings. The number of rotatable bonds is 5. The molecule has 1 aliphatic rings. The van der Waals surface area contributed by atoms with Crippen molar-refractivity contribution < 1.29 is 9.53 Å². The summed E-state index contributed by atoms with van der Waals surface area (Å²) in [5.74, 6) is 1.13. The Bertz CT molecular complexity index is 462. The fourth-order valence-electron chi connectivity index (χ4n) is 2.82. The van der Waals surface area contributed by atoms with Gasteiger partial charge in [0.15, 0.2) is 0 Å². The van der Waals surface area contributed by atoms with Crippen molar-refractivity contribution in [3.05, 3.63) is 29.8 Å². The van der Waals surface area contributed by atoms with Gasteiger partial charge in [0, 0.05) is 12.1 Å². The van der Waals surface area contributed by atoms with Crippen molar-refractivity contribution in [2.45, 2.75) is 38.8 Å². The lowest BCUT2D eigenvalue weighted by Crippen LogP contribution is -2.41. The summed E-state index contributed by atoms with van der Waals surface area (Å²) >= 11 is 0. The van der Waals surface area contributed by atoms with E-state index in [1.54, 1.807) is 7.11 Å². The van der Waals surface area contributed by atoms with Gasteiger partial charge in [-0.1, -0.05) is 18.2 Å². The van der Waals surface area contributed by atoms with Gasteiger partial charge in [0.2, 0.25) is 5.91 Å². The van der Waals surface area contributed by atoms with E-state index < -0.39 is 0 Å². The van der Waals surface area contributed by atoms with Gasteiger partial charge in [0.05, 0.1) is 13.0 Å². The summed E-state index contributed by atoms with van der Waals surface area (Å²) in [6, 6.07) is 8.32. The van der Waals surface area contributed by atoms with Gasteiger partial charge in [-0.3, -0.25) is 4.79 Å². The zero-order valence-electron chi connectivity index (χ0n) is 12.5. The van der Waals surface area contributed by atoms with Crippen LogP contribution in [-0.4, -0.2) is 31.6 Å². The molecule has 2 N–H and O–H groups in total. The normalized spacial score (nSPS) is 23.4. The highest BCUT2D eigenvalue weighted by atomic mass is 16.5. The van der Waals surface area contributed by atoms with Gasteiger partial charge in [-0.05, 0) is 44.9 Å². The molecule has 110 valence electrons. The quantitative estimate of drug-likeness (QED) is 0.861. The van der Waals surface area contributed by atoms with E-state index in [1.165, 1.54) is 0 Å². The number of benzene rings is 1. The Kier molecular flexibility index (Phi) is 5.01. The molecule has 2 rings (SSSR count). The first-order valence-corrected chi connectivity index (χ1v) is 7.27. The van der Waals surface area contributed by atoms with Crippen LogP contribution in [0, 0.1) is 5.92 Å². The Morgan fingerprint density at radius 2 is 2.25 bits per heavy atom. The standard InChI is InChI=1S/C16H24N2O2/c1-11(10-13-6-4-5-7-15(13)20-3)18-16(19)14-8-9-17-12(14)2/h4-7,11-12,14,17H,8-10H2,1-3H3,(H,18,19). The molecule has 4 heteroatoms. The van der Waals surface area contributed by atoms with Gasteiger partial charge in [-0.15, -0.1) is 0 Å². The first-order chi connectivity index (χ1) is 9.61. The van der Waals surface area contributed by atoms with Crippen LogP contribution in [0.1, 0.15) is 25.8 Å². The van der Waals surface area contributed by atoms with Gasteiger partial charge in [0.1, 0.15) is 5.75 Å². The second-order valence-corrected chi connectivity index (χ2v) is 5.56. The zero-order valence-corrected chi connectivity index (χ0v) is 12.5. The Morgan fingerprint density at radius 1 is 1.50 bits per heavy atom. The van der Waals surface area contributed by atoms with E-state index in [-0.39, 0.29) is 23.9 Å². The molecule has 20 heavy (non-hydrogen) atoms. The van der Waals surface area contributed by atoms with Gasteiger partial charge in [-0.2, -0.15) is 0 Å². The summed E-state index contributed by atoms with van der Waals surface area (Å²) in [5.41, 5.74) is 1.13. The lowest BCUT2D eigenvalue weighted by atomic mass is 10.00. The van der Waals surface area contributed by atoms with Crippen LogP contribution in [0.4, 0.5) is 0 Å². The Labute approximate surface area is 120 Å². The van der Waals surface area contributed by atoms with Crippen LogP contribution in [-0.2, 0) is 11.2 Å². The molecule has 0 radical (unpaired) electrons. The molecule has 1 amide bonds. The lowest BCUT2D eigenvalue weighted by Gasteiger charge is -2.20. The van der Waals surface area contributed by atoms with Crippen molar-refractivity contribution in [2.75, 3.05) is 13.7 Å². The van der Waals surface area contributed by atoms with Crippen molar-refractivity contribution in [2.24, 2.45) is 5.92 Å². The molecule has 1 heterocycles. The molecule has 0 saturated carbocycles. The summed E-state index contributed by atoms with van der Waals surface area (Å²) in [6.45, 7) is 5.04. The number of carbonyl (C=O) groups is 1. The summed E-state index contributed by atoms with van der Waals surface area (Å²) in [6.07, 6.45) is 1.71. The Balaban J connectivity index is 1.92. The van der Waals surface area contributed by atoms with Crippen molar-refractivity contribution in [3.63, 3.8) is 0 Å². The van der Waals surface area contributed by atoms with E-state index in [2.05, 4.69) is 17.6 Å². The van der Waals surface area contributed by atoms with Crippen LogP contribution in [0.3, 0.4) is 0 Å². The van der Waals surface area contributed by atoms with Crippen LogP contribution in [0.25, 0.3) is 0 Å². The third kappa shape index (κ3) is 3.51. The Hall–Kier alpha value is -1.55. The van der Waals surface area contributed by atoms with Crippen LogP contribution < -0.4 is 15.4 Å². The second kappa shape index (κ2) is 6.75. The maximum Gasteiger partial charge on any atom is 0.224 e. The number of ether oxygens (including phenoxy) is 1. The minimum atomic E-state index is 0.0927. The molecule has 1 aromatic carbocycles. The fraction of sp³-hybridized carbons (Fsp3) is 0.562. The molecule has 0 spiro atoms.